The highest BCUT2D eigenvalue weighted by Crippen LogP contribution is 2.17. The van der Waals surface area contributed by atoms with Gasteiger partial charge in [-0.1, -0.05) is 23.8 Å². The topological polar surface area (TPSA) is 20.3 Å². The molecule has 1 aliphatic heterocycles. The van der Waals surface area contributed by atoms with E-state index >= 15 is 0 Å². The predicted molar refractivity (Wildman–Crippen MR) is 70.5 cm³/mol. The van der Waals surface area contributed by atoms with E-state index in [2.05, 4.69) is 32.0 Å². The molecular formula is C14H18ClNO. The number of halogens is 1. The summed E-state index contributed by atoms with van der Waals surface area (Å²) in [7, 11) is 0. The Hall–Kier alpha value is -1.02. The third-order valence-corrected chi connectivity index (χ3v) is 3.69. The Labute approximate surface area is 108 Å². The van der Waals surface area contributed by atoms with Crippen molar-refractivity contribution in [2.24, 2.45) is 0 Å². The number of hydrogen-bond donors (Lipinski definition) is 0. The van der Waals surface area contributed by atoms with E-state index in [0.717, 1.165) is 18.5 Å². The molecule has 0 N–H and O–H groups in total. The van der Waals surface area contributed by atoms with E-state index in [1.807, 2.05) is 4.90 Å². The van der Waals surface area contributed by atoms with Crippen molar-refractivity contribution in [2.75, 3.05) is 13.1 Å². The molecule has 1 unspecified atom stereocenters. The number of hydrogen-bond acceptors (Lipinski definition) is 1. The van der Waals surface area contributed by atoms with Crippen LogP contribution in [-0.4, -0.2) is 29.3 Å². The minimum atomic E-state index is 0.137. The quantitative estimate of drug-likeness (QED) is 0.740. The lowest BCUT2D eigenvalue weighted by atomic mass is 10.0. The molecule has 1 aromatic rings. The lowest BCUT2D eigenvalue weighted by Gasteiger charge is -2.16. The van der Waals surface area contributed by atoms with Gasteiger partial charge in [0.25, 0.3) is 0 Å². The van der Waals surface area contributed by atoms with E-state index in [0.29, 0.717) is 13.0 Å². The average molecular weight is 252 g/mol. The van der Waals surface area contributed by atoms with Crippen LogP contribution in [0.1, 0.15) is 23.1 Å². The van der Waals surface area contributed by atoms with Crippen molar-refractivity contribution in [2.45, 2.75) is 32.1 Å². The van der Waals surface area contributed by atoms with Gasteiger partial charge in [0.05, 0.1) is 11.8 Å². The first-order chi connectivity index (χ1) is 8.06. The molecule has 0 aromatic heterocycles. The van der Waals surface area contributed by atoms with Gasteiger partial charge in [-0.2, -0.15) is 0 Å². The Morgan fingerprint density at radius 3 is 2.88 bits per heavy atom. The standard InChI is InChI=1S/C14H18ClNO/c1-10-3-4-11(2)12(7-10)8-14(17)16-6-5-13(15)9-16/h3-4,7,13H,5-6,8-9H2,1-2H3. The van der Waals surface area contributed by atoms with Gasteiger partial charge in [-0.05, 0) is 31.4 Å². The summed E-state index contributed by atoms with van der Waals surface area (Å²) < 4.78 is 0. The fraction of sp³-hybridized carbons (Fsp3) is 0.500. The Morgan fingerprint density at radius 1 is 1.47 bits per heavy atom. The number of likely N-dealkylation sites (tertiary alicyclic amines) is 1. The van der Waals surface area contributed by atoms with Crippen molar-refractivity contribution < 1.29 is 4.79 Å². The summed E-state index contributed by atoms with van der Waals surface area (Å²) in [4.78, 5) is 14.0. The first-order valence-electron chi connectivity index (χ1n) is 6.04. The minimum Gasteiger partial charge on any atom is -0.341 e. The normalized spacial score (nSPS) is 19.7. The Balaban J connectivity index is 2.05. The van der Waals surface area contributed by atoms with Crippen LogP contribution in [0.15, 0.2) is 18.2 Å². The number of alkyl halides is 1. The molecule has 0 spiro atoms. The monoisotopic (exact) mass is 251 g/mol. The summed E-state index contributed by atoms with van der Waals surface area (Å²) in [6.45, 7) is 5.61. The van der Waals surface area contributed by atoms with Gasteiger partial charge in [0.2, 0.25) is 5.91 Å². The minimum absolute atomic E-state index is 0.137. The number of benzene rings is 1. The highest BCUT2D eigenvalue weighted by atomic mass is 35.5. The number of rotatable bonds is 2. The third kappa shape index (κ3) is 3.01. The van der Waals surface area contributed by atoms with Gasteiger partial charge in [-0.25, -0.2) is 0 Å². The Morgan fingerprint density at radius 2 is 2.24 bits per heavy atom. The summed E-state index contributed by atoms with van der Waals surface area (Å²) in [5.41, 5.74) is 3.52. The van der Waals surface area contributed by atoms with Crippen LogP contribution >= 0.6 is 11.6 Å². The van der Waals surface area contributed by atoms with Crippen LogP contribution in [0.25, 0.3) is 0 Å². The predicted octanol–water partition coefficient (Wildman–Crippen LogP) is 2.69. The van der Waals surface area contributed by atoms with Crippen LogP contribution in [0.3, 0.4) is 0 Å². The van der Waals surface area contributed by atoms with E-state index in [1.54, 1.807) is 0 Å². The van der Waals surface area contributed by atoms with Crippen LogP contribution in [0.5, 0.6) is 0 Å². The molecule has 1 saturated heterocycles. The molecule has 92 valence electrons. The summed E-state index contributed by atoms with van der Waals surface area (Å²) in [6.07, 6.45) is 1.41. The molecule has 3 heteroatoms. The van der Waals surface area contributed by atoms with Crippen molar-refractivity contribution in [3.63, 3.8) is 0 Å². The largest absolute Gasteiger partial charge is 0.341 e. The molecule has 1 aliphatic rings. The summed E-state index contributed by atoms with van der Waals surface area (Å²) in [5.74, 6) is 0.196. The van der Waals surface area contributed by atoms with E-state index in [-0.39, 0.29) is 11.3 Å². The third-order valence-electron chi connectivity index (χ3n) is 3.33. The lowest BCUT2D eigenvalue weighted by molar-refractivity contribution is -0.129. The lowest BCUT2D eigenvalue weighted by Crippen LogP contribution is -2.30. The second kappa shape index (κ2) is 5.09. The van der Waals surface area contributed by atoms with Crippen LogP contribution in [-0.2, 0) is 11.2 Å². The summed E-state index contributed by atoms with van der Waals surface area (Å²) >= 11 is 6.02. The highest BCUT2D eigenvalue weighted by molar-refractivity contribution is 6.21. The number of nitrogens with zero attached hydrogens (tertiary/aromatic N) is 1. The molecule has 0 radical (unpaired) electrons. The van der Waals surface area contributed by atoms with Crippen molar-refractivity contribution in [1.29, 1.82) is 0 Å². The zero-order valence-corrected chi connectivity index (χ0v) is 11.1. The van der Waals surface area contributed by atoms with Crippen molar-refractivity contribution in [3.8, 4) is 0 Å². The van der Waals surface area contributed by atoms with E-state index in [1.165, 1.54) is 11.1 Å². The molecule has 1 heterocycles. The molecule has 1 fully saturated rings. The second-order valence-corrected chi connectivity index (χ2v) is 5.45. The van der Waals surface area contributed by atoms with Gasteiger partial charge >= 0.3 is 0 Å². The zero-order valence-electron chi connectivity index (χ0n) is 10.4. The maximum atomic E-state index is 12.1. The van der Waals surface area contributed by atoms with E-state index in [9.17, 15) is 4.79 Å². The molecule has 0 saturated carbocycles. The number of carbonyl (C=O) groups is 1. The number of carbonyl (C=O) groups excluding carboxylic acids is 1. The number of amides is 1. The number of aryl methyl sites for hydroxylation is 2. The average Bonchev–Trinajstić information content (AvgIpc) is 2.70. The maximum absolute atomic E-state index is 12.1. The molecule has 1 aromatic carbocycles. The van der Waals surface area contributed by atoms with Crippen molar-refractivity contribution >= 4 is 17.5 Å². The van der Waals surface area contributed by atoms with Gasteiger partial charge in [-0.3, -0.25) is 4.79 Å². The molecule has 0 aliphatic carbocycles. The Bertz CT molecular complexity index is 430. The fourth-order valence-corrected chi connectivity index (χ4v) is 2.47. The van der Waals surface area contributed by atoms with Crippen molar-refractivity contribution in [1.82, 2.24) is 4.90 Å². The van der Waals surface area contributed by atoms with Gasteiger partial charge < -0.3 is 4.90 Å². The maximum Gasteiger partial charge on any atom is 0.227 e. The molecule has 2 nitrogen and oxygen atoms in total. The smallest absolute Gasteiger partial charge is 0.227 e. The van der Waals surface area contributed by atoms with Crippen LogP contribution in [0.4, 0.5) is 0 Å². The van der Waals surface area contributed by atoms with Crippen molar-refractivity contribution in [3.05, 3.63) is 34.9 Å². The van der Waals surface area contributed by atoms with E-state index in [4.69, 9.17) is 11.6 Å². The summed E-state index contributed by atoms with van der Waals surface area (Å²) in [6, 6.07) is 6.25. The van der Waals surface area contributed by atoms with Crippen LogP contribution in [0.2, 0.25) is 0 Å². The Kier molecular flexibility index (Phi) is 3.72. The molecule has 2 rings (SSSR count). The van der Waals surface area contributed by atoms with Gasteiger partial charge in [0, 0.05) is 13.1 Å². The molecule has 17 heavy (non-hydrogen) atoms. The molecular weight excluding hydrogens is 234 g/mol. The summed E-state index contributed by atoms with van der Waals surface area (Å²) in [5, 5.41) is 0.137. The molecule has 0 bridgehead atoms. The second-order valence-electron chi connectivity index (χ2n) is 4.83. The van der Waals surface area contributed by atoms with Crippen LogP contribution in [0, 0.1) is 13.8 Å². The molecule has 1 atom stereocenters. The van der Waals surface area contributed by atoms with Gasteiger partial charge in [0.1, 0.15) is 0 Å². The fourth-order valence-electron chi connectivity index (χ4n) is 2.21. The first-order valence-corrected chi connectivity index (χ1v) is 6.48. The highest BCUT2D eigenvalue weighted by Gasteiger charge is 2.24. The SMILES string of the molecule is Cc1ccc(C)c(CC(=O)N2CCC(Cl)C2)c1. The van der Waals surface area contributed by atoms with E-state index < -0.39 is 0 Å². The van der Waals surface area contributed by atoms with Gasteiger partial charge in [0.15, 0.2) is 0 Å². The first kappa shape index (κ1) is 12.4. The van der Waals surface area contributed by atoms with Gasteiger partial charge in [-0.15, -0.1) is 11.6 Å². The zero-order chi connectivity index (χ0) is 12.4. The van der Waals surface area contributed by atoms with Crippen LogP contribution < -0.4 is 0 Å². The molecule has 1 amide bonds.